The zero-order chi connectivity index (χ0) is 33.8. The van der Waals surface area contributed by atoms with Crippen molar-refractivity contribution in [2.75, 3.05) is 37.7 Å². The largest absolute Gasteiger partial charge is 0.487 e. The molecule has 4 aliphatic rings. The highest BCUT2D eigenvalue weighted by atomic mass is 35.5. The van der Waals surface area contributed by atoms with Gasteiger partial charge in [-0.05, 0) is 118 Å². The molecule has 9 nitrogen and oxygen atoms in total. The van der Waals surface area contributed by atoms with Gasteiger partial charge in [-0.2, -0.15) is 0 Å². The van der Waals surface area contributed by atoms with Crippen LogP contribution in [0.4, 0.5) is 5.69 Å². The Labute approximate surface area is 291 Å². The summed E-state index contributed by atoms with van der Waals surface area (Å²) in [6, 6.07) is 11.5. The van der Waals surface area contributed by atoms with E-state index in [2.05, 4.69) is 21.9 Å². The zero-order valence-corrected chi connectivity index (χ0v) is 30.2. The lowest BCUT2D eigenvalue weighted by molar-refractivity contribution is -0.232. The summed E-state index contributed by atoms with van der Waals surface area (Å²) in [4.78, 5) is 15.9. The topological polar surface area (TPSA) is 106 Å². The number of fused-ring (bicyclic) bond motifs is 3. The van der Waals surface area contributed by atoms with E-state index in [1.165, 1.54) is 5.56 Å². The van der Waals surface area contributed by atoms with Gasteiger partial charge in [-0.3, -0.25) is 4.79 Å². The van der Waals surface area contributed by atoms with Gasteiger partial charge in [-0.15, -0.1) is 0 Å². The van der Waals surface area contributed by atoms with Crippen LogP contribution in [-0.2, 0) is 32.5 Å². The molecule has 0 unspecified atom stereocenters. The van der Waals surface area contributed by atoms with Gasteiger partial charge in [0.25, 0.3) is 5.91 Å². The minimum absolute atomic E-state index is 0.124. The van der Waals surface area contributed by atoms with E-state index in [-0.39, 0.29) is 24.2 Å². The fraction of sp³-hybridized carbons (Fsp3) is 0.649. The molecule has 1 aliphatic carbocycles. The van der Waals surface area contributed by atoms with Gasteiger partial charge in [0.2, 0.25) is 10.0 Å². The Kier molecular flexibility index (Phi) is 11.6. The maximum Gasteiger partial charge on any atom is 0.264 e. The van der Waals surface area contributed by atoms with Crippen LogP contribution in [0.25, 0.3) is 0 Å². The number of anilines is 1. The highest BCUT2D eigenvalue weighted by Crippen LogP contribution is 2.46. The summed E-state index contributed by atoms with van der Waals surface area (Å²) in [6.45, 7) is 9.88. The Morgan fingerprint density at radius 3 is 2.52 bits per heavy atom. The first-order chi connectivity index (χ1) is 23.1. The van der Waals surface area contributed by atoms with E-state index >= 15 is 0 Å². The van der Waals surface area contributed by atoms with Crippen LogP contribution in [0, 0.1) is 23.7 Å². The Balaban J connectivity index is 1.34. The van der Waals surface area contributed by atoms with Crippen molar-refractivity contribution in [3.8, 4) is 5.75 Å². The third-order valence-electron chi connectivity index (χ3n) is 11.2. The second-order valence-electron chi connectivity index (χ2n) is 14.3. The fourth-order valence-corrected chi connectivity index (χ4v) is 9.47. The van der Waals surface area contributed by atoms with Gasteiger partial charge in [0, 0.05) is 29.6 Å². The van der Waals surface area contributed by atoms with Crippen molar-refractivity contribution in [2.45, 2.75) is 96.3 Å². The molecule has 2 bridgehead atoms. The zero-order valence-electron chi connectivity index (χ0n) is 28.6. The van der Waals surface area contributed by atoms with Crippen molar-refractivity contribution >= 4 is 33.2 Å². The van der Waals surface area contributed by atoms with Crippen LogP contribution in [0.1, 0.15) is 87.2 Å². The first-order valence-corrected chi connectivity index (χ1v) is 19.9. The van der Waals surface area contributed by atoms with Crippen LogP contribution in [-0.4, -0.2) is 64.8 Å². The normalized spacial score (nSPS) is 31.5. The maximum atomic E-state index is 13.5. The number of aryl methyl sites for hydroxylation is 1. The lowest BCUT2D eigenvalue weighted by Gasteiger charge is -2.48. The number of nitrogens with zero attached hydrogens (tertiary/aromatic N) is 1. The SMILES string of the molecule is CCN[C@H]1CO[C@H]([C@H]2CCC[C@H](C)[C@@H](C)S(=O)(=O)NC(=O)c3ccc4c(c3)N(CCCCc3cc(Cl)ccc3CO4)C[C@@H]3CC[C@H]32)OC1. The second kappa shape index (κ2) is 15.7. The van der Waals surface area contributed by atoms with Gasteiger partial charge in [0.05, 0.1) is 30.2 Å². The lowest BCUT2D eigenvalue weighted by Crippen LogP contribution is -2.51. The molecule has 48 heavy (non-hydrogen) atoms. The number of nitrogens with one attached hydrogen (secondary N) is 2. The number of amides is 1. The molecule has 1 saturated carbocycles. The van der Waals surface area contributed by atoms with E-state index in [0.717, 1.165) is 87.3 Å². The summed E-state index contributed by atoms with van der Waals surface area (Å²) in [5.74, 6) is 1.04. The number of sulfonamides is 1. The van der Waals surface area contributed by atoms with Crippen molar-refractivity contribution < 1.29 is 27.4 Å². The quantitative estimate of drug-likeness (QED) is 0.383. The molecular weight excluding hydrogens is 650 g/mol. The predicted octanol–water partition coefficient (Wildman–Crippen LogP) is 6.32. The van der Waals surface area contributed by atoms with Crippen LogP contribution in [0.5, 0.6) is 5.75 Å². The minimum atomic E-state index is -3.90. The molecule has 3 aliphatic heterocycles. The lowest BCUT2D eigenvalue weighted by atomic mass is 9.65. The molecular formula is C37H52ClN3O6S. The van der Waals surface area contributed by atoms with Gasteiger partial charge in [0.15, 0.2) is 6.29 Å². The number of likely N-dealkylation sites (N-methyl/N-ethyl adjacent to an activating group) is 1. The average molecular weight is 702 g/mol. The summed E-state index contributed by atoms with van der Waals surface area (Å²) < 4.78 is 48.6. The number of carbonyl (C=O) groups excluding carboxylic acids is 1. The molecule has 3 heterocycles. The Morgan fingerprint density at radius 1 is 0.958 bits per heavy atom. The van der Waals surface area contributed by atoms with Gasteiger partial charge in [0.1, 0.15) is 12.4 Å². The van der Waals surface area contributed by atoms with Crippen molar-refractivity contribution in [2.24, 2.45) is 23.7 Å². The molecule has 0 spiro atoms. The van der Waals surface area contributed by atoms with E-state index in [0.29, 0.717) is 43.0 Å². The van der Waals surface area contributed by atoms with Gasteiger partial charge in [-0.25, -0.2) is 13.1 Å². The van der Waals surface area contributed by atoms with Crippen molar-refractivity contribution in [1.82, 2.24) is 10.0 Å². The van der Waals surface area contributed by atoms with Crippen molar-refractivity contribution in [1.29, 1.82) is 0 Å². The monoisotopic (exact) mass is 701 g/mol. The molecule has 2 aromatic carbocycles. The number of hydrogen-bond acceptors (Lipinski definition) is 8. The van der Waals surface area contributed by atoms with Crippen LogP contribution in [0.2, 0.25) is 5.02 Å². The Hall–Kier alpha value is -2.37. The van der Waals surface area contributed by atoms with Crippen LogP contribution in [0.15, 0.2) is 36.4 Å². The molecule has 2 aromatic rings. The van der Waals surface area contributed by atoms with E-state index < -0.39 is 21.2 Å². The molecule has 2 N–H and O–H groups in total. The molecule has 0 radical (unpaired) electrons. The maximum absolute atomic E-state index is 13.5. The number of halogens is 1. The Bertz CT molecular complexity index is 1530. The van der Waals surface area contributed by atoms with Gasteiger partial charge in [-0.1, -0.05) is 37.9 Å². The van der Waals surface area contributed by atoms with E-state index in [1.54, 1.807) is 13.0 Å². The third kappa shape index (κ3) is 8.15. The third-order valence-corrected chi connectivity index (χ3v) is 13.4. The molecule has 11 heteroatoms. The highest BCUT2D eigenvalue weighted by molar-refractivity contribution is 7.90. The number of benzene rings is 2. The molecule has 0 aromatic heterocycles. The van der Waals surface area contributed by atoms with Crippen molar-refractivity contribution in [3.05, 3.63) is 58.1 Å². The summed E-state index contributed by atoms with van der Waals surface area (Å²) >= 11 is 6.37. The molecule has 2 fully saturated rings. The number of carbonyl (C=O) groups is 1. The summed E-state index contributed by atoms with van der Waals surface area (Å²) in [5.41, 5.74) is 3.42. The fourth-order valence-electron chi connectivity index (χ4n) is 7.97. The highest BCUT2D eigenvalue weighted by Gasteiger charge is 2.43. The molecule has 1 amide bonds. The van der Waals surface area contributed by atoms with Crippen molar-refractivity contribution in [3.63, 3.8) is 0 Å². The average Bonchev–Trinajstić information content (AvgIpc) is 3.08. The minimum Gasteiger partial charge on any atom is -0.487 e. The van der Waals surface area contributed by atoms with E-state index in [4.69, 9.17) is 25.8 Å². The number of hydrogen-bond donors (Lipinski definition) is 2. The first kappa shape index (κ1) is 35.5. The van der Waals surface area contributed by atoms with Crippen LogP contribution >= 0.6 is 11.6 Å². The standard InChI is InChI=1S/C37H52ClN3O6S/c1-4-39-31-22-46-37(47-23-31)33-10-7-8-24(2)25(3)48(43,44)40-36(42)27-13-16-35-34(19-27)41(20-28-12-15-32(28)33)17-6-5-9-26-18-30(38)14-11-29(26)21-45-35/h11,13-14,16,18-19,24-25,28,31-33,37,39H,4-10,12,15,17,20-23H2,1-3H3,(H,40,42)/t24-,25+,28-,31-,32+,33-,37-/m0/s1. The van der Waals surface area contributed by atoms with E-state index in [9.17, 15) is 13.2 Å². The second-order valence-corrected chi connectivity index (χ2v) is 16.8. The summed E-state index contributed by atoms with van der Waals surface area (Å²) in [6.07, 6.45) is 7.34. The predicted molar refractivity (Wildman–Crippen MR) is 189 cm³/mol. The first-order valence-electron chi connectivity index (χ1n) is 17.9. The van der Waals surface area contributed by atoms with Gasteiger partial charge < -0.3 is 24.4 Å². The molecule has 6 rings (SSSR count). The number of rotatable bonds is 3. The number of ether oxygens (including phenoxy) is 3. The summed E-state index contributed by atoms with van der Waals surface area (Å²) in [7, 11) is -3.90. The molecule has 264 valence electrons. The van der Waals surface area contributed by atoms with Gasteiger partial charge >= 0.3 is 0 Å². The smallest absolute Gasteiger partial charge is 0.264 e. The Morgan fingerprint density at radius 2 is 1.77 bits per heavy atom. The molecule has 1 saturated heterocycles. The summed E-state index contributed by atoms with van der Waals surface area (Å²) in [5, 5.41) is 3.44. The van der Waals surface area contributed by atoms with E-state index in [1.807, 2.05) is 37.3 Å². The van der Waals surface area contributed by atoms with Crippen LogP contribution < -0.4 is 19.7 Å². The molecule has 5 atom stereocenters. The van der Waals surface area contributed by atoms with Crippen LogP contribution in [0.3, 0.4) is 0 Å².